The second kappa shape index (κ2) is 5.68. The van der Waals surface area contributed by atoms with Gasteiger partial charge in [0.15, 0.2) is 0 Å². The maximum atomic E-state index is 12.4. The van der Waals surface area contributed by atoms with Crippen LogP contribution in [0.5, 0.6) is 0 Å². The zero-order valence-corrected chi connectivity index (χ0v) is 12.9. The standard InChI is InChI=1S/C13H26N2O3S/c1-4-18-12-9-11(13(12,2)3)15-19(16,17)10-5-7-14-8-6-10/h10-12,14-15H,4-9H2,1-3H3. The van der Waals surface area contributed by atoms with E-state index in [1.54, 1.807) is 0 Å². The number of sulfonamides is 1. The van der Waals surface area contributed by atoms with Crippen molar-refractivity contribution in [3.63, 3.8) is 0 Å². The molecule has 112 valence electrons. The monoisotopic (exact) mass is 290 g/mol. The molecule has 0 aromatic rings. The summed E-state index contributed by atoms with van der Waals surface area (Å²) in [6, 6.07) is 0.00364. The topological polar surface area (TPSA) is 67.4 Å². The van der Waals surface area contributed by atoms with E-state index >= 15 is 0 Å². The Morgan fingerprint density at radius 3 is 2.47 bits per heavy atom. The first kappa shape index (κ1) is 15.2. The summed E-state index contributed by atoms with van der Waals surface area (Å²) in [6.07, 6.45) is 2.36. The van der Waals surface area contributed by atoms with Crippen LogP contribution in [-0.2, 0) is 14.8 Å². The van der Waals surface area contributed by atoms with Gasteiger partial charge in [-0.2, -0.15) is 0 Å². The number of hydrogen-bond donors (Lipinski definition) is 2. The van der Waals surface area contributed by atoms with Gasteiger partial charge in [0.25, 0.3) is 0 Å². The molecule has 2 rings (SSSR count). The molecule has 0 bridgehead atoms. The van der Waals surface area contributed by atoms with Crippen molar-refractivity contribution in [2.45, 2.75) is 57.4 Å². The van der Waals surface area contributed by atoms with Crippen LogP contribution in [-0.4, -0.2) is 45.5 Å². The summed E-state index contributed by atoms with van der Waals surface area (Å²) < 4.78 is 33.3. The summed E-state index contributed by atoms with van der Waals surface area (Å²) in [5.41, 5.74) is -0.115. The van der Waals surface area contributed by atoms with Crippen LogP contribution < -0.4 is 10.0 Å². The highest BCUT2D eigenvalue weighted by molar-refractivity contribution is 7.90. The molecule has 2 aliphatic rings. The summed E-state index contributed by atoms with van der Waals surface area (Å²) in [5.74, 6) is 0. The van der Waals surface area contributed by atoms with Gasteiger partial charge in [0.2, 0.25) is 10.0 Å². The Morgan fingerprint density at radius 1 is 1.32 bits per heavy atom. The summed E-state index contributed by atoms with van der Waals surface area (Å²) in [6.45, 7) is 8.39. The van der Waals surface area contributed by atoms with E-state index in [0.717, 1.165) is 19.5 Å². The van der Waals surface area contributed by atoms with Gasteiger partial charge in [0, 0.05) is 18.1 Å². The highest BCUT2D eigenvalue weighted by Gasteiger charge is 2.50. The van der Waals surface area contributed by atoms with E-state index in [0.29, 0.717) is 19.4 Å². The zero-order chi connectivity index (χ0) is 14.1. The number of piperidine rings is 1. The molecule has 0 amide bonds. The van der Waals surface area contributed by atoms with Crippen molar-refractivity contribution in [2.24, 2.45) is 5.41 Å². The second-order valence-electron chi connectivity index (χ2n) is 6.17. The van der Waals surface area contributed by atoms with Gasteiger partial charge in [-0.15, -0.1) is 0 Å². The molecule has 19 heavy (non-hydrogen) atoms. The third-order valence-corrected chi connectivity index (χ3v) is 6.54. The number of nitrogens with one attached hydrogen (secondary N) is 2. The Labute approximate surface area is 116 Å². The molecular formula is C13H26N2O3S. The lowest BCUT2D eigenvalue weighted by molar-refractivity contribution is -0.108. The fraction of sp³-hybridized carbons (Fsp3) is 1.00. The van der Waals surface area contributed by atoms with Gasteiger partial charge in [-0.1, -0.05) is 13.8 Å². The van der Waals surface area contributed by atoms with E-state index in [2.05, 4.69) is 23.9 Å². The van der Waals surface area contributed by atoms with E-state index in [1.165, 1.54) is 0 Å². The molecule has 0 spiro atoms. The van der Waals surface area contributed by atoms with E-state index in [-0.39, 0.29) is 22.8 Å². The number of hydrogen-bond acceptors (Lipinski definition) is 4. The van der Waals surface area contributed by atoms with Crippen molar-refractivity contribution in [3.8, 4) is 0 Å². The highest BCUT2D eigenvalue weighted by Crippen LogP contribution is 2.43. The van der Waals surface area contributed by atoms with Gasteiger partial charge in [-0.25, -0.2) is 13.1 Å². The molecule has 5 nitrogen and oxygen atoms in total. The van der Waals surface area contributed by atoms with Crippen LogP contribution in [0.4, 0.5) is 0 Å². The van der Waals surface area contributed by atoms with Crippen molar-refractivity contribution >= 4 is 10.0 Å². The Hall–Kier alpha value is -0.170. The SMILES string of the molecule is CCOC1CC(NS(=O)(=O)C2CCNCC2)C1(C)C. The molecule has 2 N–H and O–H groups in total. The minimum Gasteiger partial charge on any atom is -0.378 e. The molecule has 2 fully saturated rings. The number of ether oxygens (including phenoxy) is 1. The lowest BCUT2D eigenvalue weighted by Crippen LogP contribution is -2.63. The minimum atomic E-state index is -3.20. The predicted octanol–water partition coefficient (Wildman–Crippen LogP) is 0.861. The Balaban J connectivity index is 1.94. The van der Waals surface area contributed by atoms with Crippen LogP contribution in [0, 0.1) is 5.41 Å². The van der Waals surface area contributed by atoms with Crippen LogP contribution in [0.1, 0.15) is 40.0 Å². The first-order chi connectivity index (χ1) is 8.88. The van der Waals surface area contributed by atoms with Gasteiger partial charge in [0.1, 0.15) is 0 Å². The maximum absolute atomic E-state index is 12.4. The molecule has 0 aromatic carbocycles. The van der Waals surface area contributed by atoms with Crippen molar-refractivity contribution < 1.29 is 13.2 Å². The van der Waals surface area contributed by atoms with E-state index < -0.39 is 10.0 Å². The highest BCUT2D eigenvalue weighted by atomic mass is 32.2. The molecule has 1 saturated carbocycles. The smallest absolute Gasteiger partial charge is 0.214 e. The molecule has 1 aliphatic carbocycles. The zero-order valence-electron chi connectivity index (χ0n) is 12.1. The second-order valence-corrected chi connectivity index (χ2v) is 8.16. The third kappa shape index (κ3) is 3.12. The van der Waals surface area contributed by atoms with Crippen LogP contribution in [0.2, 0.25) is 0 Å². The lowest BCUT2D eigenvalue weighted by atomic mass is 9.65. The quantitative estimate of drug-likeness (QED) is 0.788. The fourth-order valence-corrected chi connectivity index (χ4v) is 4.82. The summed E-state index contributed by atoms with van der Waals surface area (Å²) in [4.78, 5) is 0. The van der Waals surface area contributed by atoms with Crippen LogP contribution >= 0.6 is 0 Å². The van der Waals surface area contributed by atoms with Crippen LogP contribution in [0.25, 0.3) is 0 Å². The van der Waals surface area contributed by atoms with Gasteiger partial charge in [0.05, 0.1) is 11.4 Å². The number of rotatable bonds is 5. The van der Waals surface area contributed by atoms with Crippen LogP contribution in [0.15, 0.2) is 0 Å². The molecule has 1 aliphatic heterocycles. The van der Waals surface area contributed by atoms with Crippen molar-refractivity contribution in [2.75, 3.05) is 19.7 Å². The molecule has 1 saturated heterocycles. The summed E-state index contributed by atoms with van der Waals surface area (Å²) in [7, 11) is -3.20. The maximum Gasteiger partial charge on any atom is 0.214 e. The molecule has 1 heterocycles. The minimum absolute atomic E-state index is 0.00364. The van der Waals surface area contributed by atoms with Gasteiger partial charge >= 0.3 is 0 Å². The molecular weight excluding hydrogens is 264 g/mol. The lowest BCUT2D eigenvalue weighted by Gasteiger charge is -2.51. The Bertz CT molecular complexity index is 402. The van der Waals surface area contributed by atoms with E-state index in [1.807, 2.05) is 6.92 Å². The van der Waals surface area contributed by atoms with Gasteiger partial charge in [-0.05, 0) is 39.3 Å². The summed E-state index contributed by atoms with van der Waals surface area (Å²) in [5, 5.41) is 2.96. The average Bonchev–Trinajstić information content (AvgIpc) is 2.38. The first-order valence-corrected chi connectivity index (χ1v) is 8.76. The van der Waals surface area contributed by atoms with Crippen molar-refractivity contribution in [1.29, 1.82) is 0 Å². The molecule has 2 unspecified atom stereocenters. The predicted molar refractivity (Wildman–Crippen MR) is 75.5 cm³/mol. The molecule has 2 atom stereocenters. The van der Waals surface area contributed by atoms with Crippen molar-refractivity contribution in [1.82, 2.24) is 10.0 Å². The normalized spacial score (nSPS) is 31.9. The van der Waals surface area contributed by atoms with E-state index in [9.17, 15) is 8.42 Å². The third-order valence-electron chi connectivity index (χ3n) is 4.58. The fourth-order valence-electron chi connectivity index (χ4n) is 2.97. The van der Waals surface area contributed by atoms with Gasteiger partial charge in [-0.3, -0.25) is 0 Å². The Morgan fingerprint density at radius 2 is 1.95 bits per heavy atom. The molecule has 0 aromatic heterocycles. The van der Waals surface area contributed by atoms with E-state index in [4.69, 9.17) is 4.74 Å². The van der Waals surface area contributed by atoms with Crippen LogP contribution in [0.3, 0.4) is 0 Å². The Kier molecular flexibility index (Phi) is 4.55. The molecule has 6 heteroatoms. The van der Waals surface area contributed by atoms with Crippen molar-refractivity contribution in [3.05, 3.63) is 0 Å². The molecule has 0 radical (unpaired) electrons. The first-order valence-electron chi connectivity index (χ1n) is 7.21. The summed E-state index contributed by atoms with van der Waals surface area (Å²) >= 11 is 0. The average molecular weight is 290 g/mol. The largest absolute Gasteiger partial charge is 0.378 e. The van der Waals surface area contributed by atoms with Gasteiger partial charge < -0.3 is 10.1 Å².